The summed E-state index contributed by atoms with van der Waals surface area (Å²) in [5.74, 6) is 11.1. The highest BCUT2D eigenvalue weighted by Crippen LogP contribution is 2.49. The second kappa shape index (κ2) is 32.4. The number of para-hydroxylation sites is 1. The number of ether oxygens (including phenoxy) is 5. The fourth-order valence-electron chi connectivity index (χ4n) is 25.7. The van der Waals surface area contributed by atoms with E-state index in [-0.39, 0.29) is 71.5 Å². The van der Waals surface area contributed by atoms with Crippen LogP contribution < -0.4 is 106 Å². The zero-order valence-electron chi connectivity index (χ0n) is 83.6. The maximum absolute atomic E-state index is 6.57. The molecule has 0 bridgehead atoms. The molecule has 0 spiro atoms. The summed E-state index contributed by atoms with van der Waals surface area (Å²) >= 11 is 0. The van der Waals surface area contributed by atoms with Crippen LogP contribution in [0.25, 0.3) is 0 Å². The van der Waals surface area contributed by atoms with Crippen LogP contribution in [0.2, 0.25) is 0 Å². The van der Waals surface area contributed by atoms with E-state index in [1.54, 1.807) is 0 Å². The number of fused-ring (bicyclic) bond motifs is 20. The first-order valence-corrected chi connectivity index (χ1v) is 49.7. The number of hydrogen-bond acceptors (Lipinski definition) is 5. The first-order chi connectivity index (χ1) is 64.4. The predicted molar refractivity (Wildman–Crippen MR) is 575 cm³/mol. The fraction of sp³-hybridized carbons (Fsp3) is 0.280. The minimum absolute atomic E-state index is 0.00587. The Morgan fingerprint density at radius 2 is 0.630 bits per heavy atom. The van der Waals surface area contributed by atoms with E-state index in [1.807, 2.05) is 6.07 Å². The largest absolute Gasteiger partial charge is 0.458 e. The highest BCUT2D eigenvalue weighted by Gasteiger charge is 2.53. The molecule has 0 aromatic heterocycles. The van der Waals surface area contributed by atoms with E-state index in [1.165, 1.54) is 182 Å². The molecule has 15 aromatic carbocycles. The fourth-order valence-corrected chi connectivity index (χ4v) is 25.7. The summed E-state index contributed by atoms with van der Waals surface area (Å²) in [7, 11) is 0. The van der Waals surface area contributed by atoms with Gasteiger partial charge in [-0.1, -0.05) is 410 Å². The van der Waals surface area contributed by atoms with Crippen molar-refractivity contribution in [1.29, 1.82) is 0 Å². The Morgan fingerprint density at radius 3 is 1.13 bits per heavy atom. The number of hydrogen-bond donors (Lipinski definition) is 0. The van der Waals surface area contributed by atoms with Gasteiger partial charge in [-0.25, -0.2) is 0 Å². The second-order valence-corrected chi connectivity index (χ2v) is 45.0. The molecule has 0 fully saturated rings. The van der Waals surface area contributed by atoms with Crippen molar-refractivity contribution < 1.29 is 23.7 Å². The molecule has 0 unspecified atom stereocenters. The van der Waals surface area contributed by atoms with Crippen LogP contribution in [0.4, 0.5) is 0 Å². The van der Waals surface area contributed by atoms with Gasteiger partial charge >= 0.3 is 0 Å². The van der Waals surface area contributed by atoms with Gasteiger partial charge in [-0.3, -0.25) is 0 Å². The molecule has 135 heavy (non-hydrogen) atoms. The molecule has 15 aromatic rings. The van der Waals surface area contributed by atoms with Crippen LogP contribution in [-0.2, 0) is 50.7 Å². The summed E-state index contributed by atoms with van der Waals surface area (Å²) < 4.78 is 32.1. The van der Waals surface area contributed by atoms with Crippen LogP contribution in [0.1, 0.15) is 264 Å². The van der Waals surface area contributed by atoms with Gasteiger partial charge < -0.3 is 23.7 Å². The second-order valence-electron chi connectivity index (χ2n) is 45.0. The lowest BCUT2D eigenvalue weighted by molar-refractivity contribution is 0.479. The molecule has 5 nitrogen and oxygen atoms in total. The Bertz CT molecular complexity index is 7380. The van der Waals surface area contributed by atoms with E-state index >= 15 is 0 Å². The van der Waals surface area contributed by atoms with Crippen molar-refractivity contribution in [3.8, 4) is 57.5 Å². The van der Waals surface area contributed by atoms with E-state index in [4.69, 9.17) is 23.7 Å². The van der Waals surface area contributed by atoms with Crippen molar-refractivity contribution in [2.45, 2.75) is 229 Å². The third-order valence-electron chi connectivity index (χ3n) is 32.2. The van der Waals surface area contributed by atoms with Crippen LogP contribution in [0.3, 0.4) is 0 Å². The minimum atomic E-state index is -0.0798. The standard InChI is InChI=1S/C29H33BO.C27H29BO.C25H25BO.C23H21BO.C21H17BO/c1-27(2,3)18-13-15-23-22(17-18)30-21-12-10-9-11-19(21)29(7,8)25-20(28(4,5)6)14-16-24(31-23)26(25)30;1-16(2)18-11-13-23-22(15-18)28-21-10-8-7-9-20(21)27(5,6)25-19(17(3)4)12-14-24(29-23)26(25)28;1-5-16-11-13-21-20(15-16)26-19-10-8-7-9-18(19)25(3,4)23-17(6-2)12-14-22(27-21)24(23)26;1-14-9-11-19-18(13-14)24-17-8-6-5-7-16(17)23(3,4)21-15(2)10-12-20(25-19)22(21)24;1-21(2)14-8-3-4-10-16(14)22-17-11-5-6-12-18(17)23-19-13-7-9-15(21)20(19)22/h9-17H,1-8H3;7-17H,1-6H3;7-15H,5-6H2,1-4H3;5-13H,1-4H3;3-13H,1-2H3. The van der Waals surface area contributed by atoms with Gasteiger partial charge in [-0.15, -0.1) is 0 Å². The smallest absolute Gasteiger partial charge is 0.251 e. The van der Waals surface area contributed by atoms with Gasteiger partial charge in [0.25, 0.3) is 33.6 Å². The summed E-state index contributed by atoms with van der Waals surface area (Å²) in [5.41, 5.74) is 45.9. The SMILES string of the molecule is CC(C)(C)c1ccc2c(c1)B1c3ccccc3C(C)(C)c3c(C(C)(C)C)ccc(c31)O2.CC(C)c1ccc2c(c1)B1c3ccccc3C(C)(C)c3c(C(C)C)ccc(c31)O2.CC1(C)c2ccccc2B2c3ccccc3Oc3cccc1c32.CCc1ccc2c(c1)B1c3ccccc3C(C)(C)c3c(CC)ccc(c31)O2.Cc1ccc2c(c1)B1c3ccccc3C(C)(C)c3c(C)ccc(c31)O2. The average molecular weight is 1760 g/mol. The van der Waals surface area contributed by atoms with Crippen molar-refractivity contribution in [2.75, 3.05) is 0 Å². The van der Waals surface area contributed by atoms with Crippen LogP contribution in [-0.4, -0.2) is 33.6 Å². The lowest BCUT2D eigenvalue weighted by Crippen LogP contribution is -2.63. The summed E-state index contributed by atoms with van der Waals surface area (Å²) in [6, 6.07) is 104. The molecule has 0 amide bonds. The topological polar surface area (TPSA) is 46.2 Å². The molecule has 10 heteroatoms. The highest BCUT2D eigenvalue weighted by molar-refractivity contribution is 7.00. The lowest BCUT2D eigenvalue weighted by Gasteiger charge is -2.44. The van der Waals surface area contributed by atoms with Gasteiger partial charge in [-0.2, -0.15) is 0 Å². The van der Waals surface area contributed by atoms with Crippen molar-refractivity contribution >= 4 is 116 Å². The molecular weight excluding hydrogens is 1640 g/mol. The van der Waals surface area contributed by atoms with Crippen molar-refractivity contribution in [1.82, 2.24) is 0 Å². The van der Waals surface area contributed by atoms with Crippen LogP contribution in [0.15, 0.2) is 285 Å². The zero-order valence-corrected chi connectivity index (χ0v) is 83.6. The third kappa shape index (κ3) is 14.1. The van der Waals surface area contributed by atoms with Gasteiger partial charge in [-0.05, 0) is 259 Å². The van der Waals surface area contributed by atoms with Gasteiger partial charge in [0.15, 0.2) is 0 Å². The van der Waals surface area contributed by atoms with E-state index in [9.17, 15) is 0 Å². The van der Waals surface area contributed by atoms with E-state index in [0.717, 1.165) is 70.3 Å². The molecule has 0 aliphatic carbocycles. The van der Waals surface area contributed by atoms with Crippen LogP contribution in [0.5, 0.6) is 57.5 Å². The molecule has 25 rings (SSSR count). The molecule has 10 heterocycles. The quantitative estimate of drug-likeness (QED) is 0.164. The molecule has 0 atom stereocenters. The summed E-state index contributed by atoms with van der Waals surface area (Å²) in [4.78, 5) is 0. The van der Waals surface area contributed by atoms with Crippen LogP contribution in [0, 0.1) is 13.8 Å². The minimum Gasteiger partial charge on any atom is -0.458 e. The Labute approximate surface area is 805 Å². The Morgan fingerprint density at radius 1 is 0.267 bits per heavy atom. The monoisotopic (exact) mass is 1760 g/mol. The molecule has 0 saturated carbocycles. The molecule has 0 radical (unpaired) electrons. The third-order valence-corrected chi connectivity index (χ3v) is 32.2. The van der Waals surface area contributed by atoms with E-state index < -0.39 is 0 Å². The van der Waals surface area contributed by atoms with E-state index in [0.29, 0.717) is 11.8 Å². The van der Waals surface area contributed by atoms with Crippen molar-refractivity contribution in [3.63, 3.8) is 0 Å². The maximum Gasteiger partial charge on any atom is 0.251 e. The molecule has 670 valence electrons. The van der Waals surface area contributed by atoms with Gasteiger partial charge in [0.1, 0.15) is 57.5 Å². The van der Waals surface area contributed by atoms with Gasteiger partial charge in [0.2, 0.25) is 0 Å². The number of benzene rings is 15. The molecular formula is C125H125B5O5. The van der Waals surface area contributed by atoms with Crippen molar-refractivity contribution in [2.24, 2.45) is 0 Å². The molecule has 10 aliphatic rings. The number of aryl methyl sites for hydroxylation is 4. The summed E-state index contributed by atoms with van der Waals surface area (Å²) in [5, 5.41) is 0. The van der Waals surface area contributed by atoms with Gasteiger partial charge in [0, 0.05) is 27.1 Å². The first-order valence-electron chi connectivity index (χ1n) is 49.7. The molecule has 10 aliphatic heterocycles. The zero-order chi connectivity index (χ0) is 94.6. The first kappa shape index (κ1) is 89.2. The summed E-state index contributed by atoms with van der Waals surface area (Å²) in [6.07, 6.45) is 2.09. The predicted octanol–water partition coefficient (Wildman–Crippen LogP) is 21.3. The van der Waals surface area contributed by atoms with Gasteiger partial charge in [0.05, 0.1) is 0 Å². The molecule has 0 N–H and O–H groups in total. The highest BCUT2D eigenvalue weighted by atomic mass is 16.5. The van der Waals surface area contributed by atoms with Crippen molar-refractivity contribution in [3.05, 3.63) is 385 Å². The molecule has 0 saturated heterocycles. The lowest BCUT2D eigenvalue weighted by atomic mass is 9.30. The Balaban J connectivity index is 0.000000101. The average Bonchev–Trinajstić information content (AvgIpc) is 0.713. The summed E-state index contributed by atoms with van der Waals surface area (Å²) in [6.45, 7) is 56.7. The normalized spacial score (nSPS) is 15.8. The number of rotatable bonds is 4. The van der Waals surface area contributed by atoms with Crippen LogP contribution >= 0.6 is 0 Å². The van der Waals surface area contributed by atoms with E-state index in [2.05, 4.69) is 445 Å². The maximum atomic E-state index is 6.57. The Kier molecular flexibility index (Phi) is 21.4. The Hall–Kier alpha value is -12.4.